The Kier molecular flexibility index (Phi) is 6.94. The lowest BCUT2D eigenvalue weighted by Gasteiger charge is -2.46. The van der Waals surface area contributed by atoms with Crippen molar-refractivity contribution in [2.24, 2.45) is 0 Å². The van der Waals surface area contributed by atoms with Crippen LogP contribution in [0.15, 0.2) is 72.9 Å². The molecule has 0 aliphatic carbocycles. The molecule has 0 radical (unpaired) electrons. The summed E-state index contributed by atoms with van der Waals surface area (Å²) < 4.78 is 0. The van der Waals surface area contributed by atoms with Crippen LogP contribution in [0, 0.1) is 0 Å². The van der Waals surface area contributed by atoms with Crippen molar-refractivity contribution in [3.05, 3.63) is 99.8 Å². The van der Waals surface area contributed by atoms with Gasteiger partial charge in [-0.2, -0.15) is 0 Å². The van der Waals surface area contributed by atoms with E-state index in [1.165, 1.54) is 0 Å². The lowest BCUT2D eigenvalue weighted by molar-refractivity contribution is -0.141. The molecule has 2 heterocycles. The molecular formula is C26H26Cl2N2O. The highest BCUT2D eigenvalue weighted by Crippen LogP contribution is 2.47. The molecule has 0 bridgehead atoms. The maximum Gasteiger partial charge on any atom is 0.223 e. The molecule has 1 saturated heterocycles. The molecule has 2 aromatic carbocycles. The fourth-order valence-electron chi connectivity index (χ4n) is 4.70. The quantitative estimate of drug-likeness (QED) is 0.390. The number of amides is 1. The molecule has 1 aliphatic rings. The fourth-order valence-corrected chi connectivity index (χ4v) is 5.02. The molecule has 31 heavy (non-hydrogen) atoms. The average Bonchev–Trinajstić information content (AvgIpc) is 2.79. The zero-order valence-electron chi connectivity index (χ0n) is 17.5. The van der Waals surface area contributed by atoms with Crippen molar-refractivity contribution in [2.75, 3.05) is 0 Å². The zero-order valence-corrected chi connectivity index (χ0v) is 19.1. The molecule has 5 heteroatoms. The van der Waals surface area contributed by atoms with Crippen LogP contribution in [-0.4, -0.2) is 15.8 Å². The van der Waals surface area contributed by atoms with E-state index < -0.39 is 0 Å². The maximum atomic E-state index is 13.4. The van der Waals surface area contributed by atoms with Gasteiger partial charge >= 0.3 is 0 Å². The Labute approximate surface area is 194 Å². The first-order valence-electron chi connectivity index (χ1n) is 10.8. The number of hydrogen-bond acceptors (Lipinski definition) is 2. The number of likely N-dealkylation sites (tertiary alicyclic amines) is 1. The molecule has 0 saturated carbocycles. The van der Waals surface area contributed by atoms with Crippen LogP contribution in [0.2, 0.25) is 10.0 Å². The second-order valence-electron chi connectivity index (χ2n) is 8.06. The molecule has 3 aromatic rings. The van der Waals surface area contributed by atoms with Crippen LogP contribution >= 0.6 is 23.2 Å². The first kappa shape index (κ1) is 21.9. The Morgan fingerprint density at radius 2 is 1.81 bits per heavy atom. The monoisotopic (exact) mass is 452 g/mol. The Morgan fingerprint density at radius 1 is 1.00 bits per heavy atom. The van der Waals surface area contributed by atoms with Crippen molar-refractivity contribution in [2.45, 2.75) is 50.6 Å². The number of halogens is 2. The molecule has 1 aliphatic heterocycles. The van der Waals surface area contributed by atoms with Gasteiger partial charge < -0.3 is 4.90 Å². The first-order chi connectivity index (χ1) is 15.1. The second kappa shape index (κ2) is 9.84. The van der Waals surface area contributed by atoms with E-state index in [0.29, 0.717) is 16.5 Å². The summed E-state index contributed by atoms with van der Waals surface area (Å²) in [4.78, 5) is 20.1. The Balaban J connectivity index is 1.85. The molecule has 1 aromatic heterocycles. The third kappa shape index (κ3) is 4.78. The molecule has 4 rings (SSSR count). The number of piperidine rings is 1. The van der Waals surface area contributed by atoms with E-state index in [4.69, 9.17) is 23.2 Å². The average molecular weight is 453 g/mol. The van der Waals surface area contributed by atoms with Gasteiger partial charge in [-0.3, -0.25) is 9.78 Å². The van der Waals surface area contributed by atoms with E-state index in [0.717, 1.165) is 36.1 Å². The summed E-state index contributed by atoms with van der Waals surface area (Å²) in [6.07, 6.45) is 4.91. The van der Waals surface area contributed by atoms with Gasteiger partial charge in [-0.15, -0.1) is 0 Å². The minimum absolute atomic E-state index is 0.0821. The number of hydrogen-bond donors (Lipinski definition) is 0. The molecule has 3 nitrogen and oxygen atoms in total. The van der Waals surface area contributed by atoms with Crippen LogP contribution in [0.4, 0.5) is 0 Å². The largest absolute Gasteiger partial charge is 0.326 e. The summed E-state index contributed by atoms with van der Waals surface area (Å²) in [5.74, 6) is 0.308. The molecule has 1 unspecified atom stereocenters. The number of aromatic nitrogens is 1. The summed E-state index contributed by atoms with van der Waals surface area (Å²) in [6.45, 7) is 2.15. The van der Waals surface area contributed by atoms with Crippen molar-refractivity contribution in [1.29, 1.82) is 0 Å². The van der Waals surface area contributed by atoms with Crippen molar-refractivity contribution in [3.63, 3.8) is 0 Å². The van der Waals surface area contributed by atoms with Gasteiger partial charge in [0.05, 0.1) is 17.8 Å². The van der Waals surface area contributed by atoms with Crippen LogP contribution in [0.3, 0.4) is 0 Å². The molecule has 1 amide bonds. The molecule has 3 atom stereocenters. The Hall–Kier alpha value is -2.36. The standard InChI is InChI=1S/C26H26Cl2N2O/c1-2-6-24(23-9-3-4-16-29-23)30-25(31)15-14-22(19-7-5-8-21(28)17-19)26(30)18-10-12-20(27)13-11-18/h3-5,7-13,16-17,22,24,26H,2,6,14-15H2,1H3/t22-,24+,26?/m1/s1. The van der Waals surface area contributed by atoms with Crippen LogP contribution in [-0.2, 0) is 4.79 Å². The van der Waals surface area contributed by atoms with Crippen LogP contribution in [0.1, 0.15) is 67.4 Å². The van der Waals surface area contributed by atoms with Gasteiger partial charge in [0.25, 0.3) is 0 Å². The highest BCUT2D eigenvalue weighted by Gasteiger charge is 2.41. The number of nitrogens with zero attached hydrogens (tertiary/aromatic N) is 2. The predicted octanol–water partition coefficient (Wildman–Crippen LogP) is 7.38. The number of carbonyl (C=O) groups is 1. The summed E-state index contributed by atoms with van der Waals surface area (Å²) in [5, 5.41) is 1.40. The summed E-state index contributed by atoms with van der Waals surface area (Å²) >= 11 is 12.5. The first-order valence-corrected chi connectivity index (χ1v) is 11.6. The fraction of sp³-hybridized carbons (Fsp3) is 0.308. The SMILES string of the molecule is CCC[C@@H](c1ccccn1)N1C(=O)CC[C@H](c2cccc(Cl)c2)C1c1ccc(Cl)cc1. The topological polar surface area (TPSA) is 33.2 Å². The van der Waals surface area contributed by atoms with Gasteiger partial charge in [0.2, 0.25) is 5.91 Å². The predicted molar refractivity (Wildman–Crippen MR) is 126 cm³/mol. The van der Waals surface area contributed by atoms with Crippen LogP contribution in [0.5, 0.6) is 0 Å². The zero-order chi connectivity index (χ0) is 21.8. The number of rotatable bonds is 6. The summed E-state index contributed by atoms with van der Waals surface area (Å²) in [7, 11) is 0. The van der Waals surface area contributed by atoms with Gasteiger partial charge in [-0.05, 0) is 60.4 Å². The molecular weight excluding hydrogens is 427 g/mol. The van der Waals surface area contributed by atoms with Crippen LogP contribution < -0.4 is 0 Å². The number of pyridine rings is 1. The Bertz CT molecular complexity index is 1020. The van der Waals surface area contributed by atoms with Gasteiger partial charge in [0.15, 0.2) is 0 Å². The molecule has 1 fully saturated rings. The third-order valence-electron chi connectivity index (χ3n) is 6.05. The van der Waals surface area contributed by atoms with Gasteiger partial charge in [0.1, 0.15) is 0 Å². The number of carbonyl (C=O) groups excluding carboxylic acids is 1. The number of benzene rings is 2. The van der Waals surface area contributed by atoms with E-state index in [-0.39, 0.29) is 23.9 Å². The van der Waals surface area contributed by atoms with E-state index in [1.807, 2.05) is 60.7 Å². The van der Waals surface area contributed by atoms with Crippen molar-refractivity contribution in [1.82, 2.24) is 9.88 Å². The highest BCUT2D eigenvalue weighted by molar-refractivity contribution is 6.30. The second-order valence-corrected chi connectivity index (χ2v) is 8.93. The normalized spacial score (nSPS) is 20.0. The third-order valence-corrected chi connectivity index (χ3v) is 6.54. The van der Waals surface area contributed by atoms with E-state index in [2.05, 4.69) is 22.9 Å². The van der Waals surface area contributed by atoms with Gasteiger partial charge in [-0.1, -0.05) is 66.9 Å². The van der Waals surface area contributed by atoms with Gasteiger partial charge in [0, 0.05) is 28.6 Å². The summed E-state index contributed by atoms with van der Waals surface area (Å²) in [5.41, 5.74) is 3.17. The van der Waals surface area contributed by atoms with Crippen molar-refractivity contribution in [3.8, 4) is 0 Å². The minimum Gasteiger partial charge on any atom is -0.326 e. The molecule has 160 valence electrons. The molecule has 0 spiro atoms. The van der Waals surface area contributed by atoms with E-state index in [9.17, 15) is 4.79 Å². The maximum absolute atomic E-state index is 13.4. The van der Waals surface area contributed by atoms with Crippen LogP contribution in [0.25, 0.3) is 0 Å². The van der Waals surface area contributed by atoms with Crippen molar-refractivity contribution < 1.29 is 4.79 Å². The Morgan fingerprint density at radius 3 is 2.48 bits per heavy atom. The summed E-state index contributed by atoms with van der Waals surface area (Å²) in [6, 6.07) is 21.6. The smallest absolute Gasteiger partial charge is 0.223 e. The molecule has 0 N–H and O–H groups in total. The van der Waals surface area contributed by atoms with E-state index in [1.54, 1.807) is 6.20 Å². The lowest BCUT2D eigenvalue weighted by atomic mass is 9.78. The van der Waals surface area contributed by atoms with Gasteiger partial charge in [-0.25, -0.2) is 0 Å². The minimum atomic E-state index is -0.115. The lowest BCUT2D eigenvalue weighted by Crippen LogP contribution is -2.44. The van der Waals surface area contributed by atoms with Crippen molar-refractivity contribution >= 4 is 29.1 Å². The highest BCUT2D eigenvalue weighted by atomic mass is 35.5. The van der Waals surface area contributed by atoms with E-state index >= 15 is 0 Å².